The van der Waals surface area contributed by atoms with Gasteiger partial charge in [-0.25, -0.2) is 9.48 Å². The molecule has 3 aromatic rings. The van der Waals surface area contributed by atoms with E-state index >= 15 is 0 Å². The Bertz CT molecular complexity index is 1170. The van der Waals surface area contributed by atoms with Crippen molar-refractivity contribution in [3.63, 3.8) is 0 Å². The molecule has 1 unspecified atom stereocenters. The van der Waals surface area contributed by atoms with Crippen LogP contribution in [-0.4, -0.2) is 65.9 Å². The van der Waals surface area contributed by atoms with E-state index in [2.05, 4.69) is 27.1 Å². The van der Waals surface area contributed by atoms with Crippen LogP contribution in [0.3, 0.4) is 0 Å². The summed E-state index contributed by atoms with van der Waals surface area (Å²) in [6, 6.07) is 17.7. The van der Waals surface area contributed by atoms with Crippen LogP contribution in [0.4, 0.5) is 11.4 Å². The van der Waals surface area contributed by atoms with E-state index in [4.69, 9.17) is 4.74 Å². The molecule has 1 saturated heterocycles. The molecule has 2 heterocycles. The molecule has 4 rings (SSSR count). The first-order valence-electron chi connectivity index (χ1n) is 12.0. The first kappa shape index (κ1) is 24.5. The number of esters is 1. The van der Waals surface area contributed by atoms with Crippen molar-refractivity contribution in [3.8, 4) is 5.69 Å². The van der Waals surface area contributed by atoms with Crippen molar-refractivity contribution in [2.24, 2.45) is 0 Å². The highest BCUT2D eigenvalue weighted by Gasteiger charge is 2.25. The maximum absolute atomic E-state index is 12.8. The van der Waals surface area contributed by atoms with Gasteiger partial charge in [0.15, 0.2) is 0 Å². The number of nitrogens with zero attached hydrogens (tertiary/aromatic N) is 4. The number of hydrogen-bond donors (Lipinski definition) is 1. The molecule has 8 nitrogen and oxygen atoms in total. The smallest absolute Gasteiger partial charge is 0.337 e. The average molecular weight is 476 g/mol. The number of aromatic nitrogens is 2. The monoisotopic (exact) mass is 475 g/mol. The van der Waals surface area contributed by atoms with E-state index in [1.807, 2.05) is 61.0 Å². The molecule has 2 aromatic carbocycles. The highest BCUT2D eigenvalue weighted by molar-refractivity contribution is 5.92. The first-order valence-corrected chi connectivity index (χ1v) is 12.0. The van der Waals surface area contributed by atoms with E-state index in [-0.39, 0.29) is 11.9 Å². The predicted molar refractivity (Wildman–Crippen MR) is 137 cm³/mol. The molecule has 1 aliphatic rings. The molecule has 1 aliphatic heterocycles. The van der Waals surface area contributed by atoms with E-state index in [1.165, 1.54) is 7.11 Å². The summed E-state index contributed by atoms with van der Waals surface area (Å²) >= 11 is 0. The van der Waals surface area contributed by atoms with Crippen molar-refractivity contribution in [1.82, 2.24) is 14.7 Å². The fraction of sp³-hybridized carbons (Fsp3) is 0.370. The first-order chi connectivity index (χ1) is 16.9. The van der Waals surface area contributed by atoms with Crippen LogP contribution in [0, 0.1) is 13.8 Å². The van der Waals surface area contributed by atoms with Gasteiger partial charge in [-0.05, 0) is 57.2 Å². The molecule has 1 fully saturated rings. The molecule has 1 atom stereocenters. The zero-order valence-electron chi connectivity index (χ0n) is 20.8. The van der Waals surface area contributed by atoms with Gasteiger partial charge in [-0.1, -0.05) is 18.2 Å². The molecule has 1 N–H and O–H groups in total. The lowest BCUT2D eigenvalue weighted by molar-refractivity contribution is -0.116. The minimum absolute atomic E-state index is 0.00293. The van der Waals surface area contributed by atoms with Crippen LogP contribution in [0.5, 0.6) is 0 Å². The molecule has 35 heavy (non-hydrogen) atoms. The fourth-order valence-electron chi connectivity index (χ4n) is 4.58. The summed E-state index contributed by atoms with van der Waals surface area (Å²) in [6.07, 6.45) is 0.424. The molecule has 0 bridgehead atoms. The van der Waals surface area contributed by atoms with Crippen LogP contribution in [-0.2, 0) is 9.53 Å². The molecule has 184 valence electrons. The van der Waals surface area contributed by atoms with E-state index < -0.39 is 0 Å². The summed E-state index contributed by atoms with van der Waals surface area (Å²) in [5.74, 6) is -0.331. The molecule has 0 saturated carbocycles. The minimum atomic E-state index is -0.328. The van der Waals surface area contributed by atoms with E-state index in [0.717, 1.165) is 48.1 Å². The number of carbonyl (C=O) groups excluding carboxylic acids is 2. The Hall–Kier alpha value is -3.65. The summed E-state index contributed by atoms with van der Waals surface area (Å²) in [7, 11) is 1.39. The largest absolute Gasteiger partial charge is 0.465 e. The summed E-state index contributed by atoms with van der Waals surface area (Å²) in [4.78, 5) is 29.1. The maximum atomic E-state index is 12.8. The van der Waals surface area contributed by atoms with Gasteiger partial charge in [-0.2, -0.15) is 5.10 Å². The summed E-state index contributed by atoms with van der Waals surface area (Å²) in [5.41, 5.74) is 5.12. The van der Waals surface area contributed by atoms with E-state index in [0.29, 0.717) is 24.6 Å². The second-order valence-electron chi connectivity index (χ2n) is 8.96. The Labute approximate surface area is 206 Å². The number of amides is 1. The Kier molecular flexibility index (Phi) is 7.51. The number of rotatable bonds is 7. The number of benzene rings is 2. The number of carbonyl (C=O) groups is 2. The number of aryl methyl sites for hydroxylation is 1. The van der Waals surface area contributed by atoms with Crippen molar-refractivity contribution in [2.45, 2.75) is 33.2 Å². The standard InChI is InChI=1S/C27H33N5O3/c1-19-18-31(23-12-10-22(11-13-23)27(34)35-4)17-16-30(19)15-14-25(33)28-26-20(2)29-32(21(26)3)24-8-6-5-7-9-24/h5-13,19H,14-18H2,1-4H3,(H,28,33). The van der Waals surface area contributed by atoms with Gasteiger partial charge in [0.05, 0.1) is 35.4 Å². The van der Waals surface area contributed by atoms with Crippen LogP contribution in [0.1, 0.15) is 35.1 Å². The van der Waals surface area contributed by atoms with Crippen LogP contribution in [0.25, 0.3) is 5.69 Å². The van der Waals surface area contributed by atoms with Gasteiger partial charge >= 0.3 is 5.97 Å². The topological polar surface area (TPSA) is 79.7 Å². The number of anilines is 2. The lowest BCUT2D eigenvalue weighted by Gasteiger charge is -2.41. The van der Waals surface area contributed by atoms with E-state index in [9.17, 15) is 9.59 Å². The second kappa shape index (κ2) is 10.7. The van der Waals surface area contributed by atoms with Crippen LogP contribution in [0.15, 0.2) is 54.6 Å². The lowest BCUT2D eigenvalue weighted by atomic mass is 10.1. The number of nitrogens with one attached hydrogen (secondary N) is 1. The Morgan fingerprint density at radius 2 is 1.74 bits per heavy atom. The van der Waals surface area contributed by atoms with Crippen molar-refractivity contribution < 1.29 is 14.3 Å². The number of para-hydroxylation sites is 1. The molecule has 1 aromatic heterocycles. The number of piperazine rings is 1. The fourth-order valence-corrected chi connectivity index (χ4v) is 4.58. The van der Waals surface area contributed by atoms with Gasteiger partial charge < -0.3 is 15.0 Å². The van der Waals surface area contributed by atoms with Crippen molar-refractivity contribution in [2.75, 3.05) is 43.5 Å². The SMILES string of the molecule is COC(=O)c1ccc(N2CCN(CCC(=O)Nc3c(C)nn(-c4ccccc4)c3C)C(C)C2)cc1. The number of hydrogen-bond acceptors (Lipinski definition) is 6. The third kappa shape index (κ3) is 5.54. The van der Waals surface area contributed by atoms with Crippen molar-refractivity contribution in [1.29, 1.82) is 0 Å². The maximum Gasteiger partial charge on any atom is 0.337 e. The molecule has 8 heteroatoms. The van der Waals surface area contributed by atoms with Crippen LogP contribution < -0.4 is 10.2 Å². The summed E-state index contributed by atoms with van der Waals surface area (Å²) < 4.78 is 6.64. The second-order valence-corrected chi connectivity index (χ2v) is 8.96. The summed E-state index contributed by atoms with van der Waals surface area (Å²) in [6.45, 7) is 9.38. The predicted octanol–water partition coefficient (Wildman–Crippen LogP) is 3.82. The molecule has 0 aliphatic carbocycles. The van der Waals surface area contributed by atoms with E-state index in [1.54, 1.807) is 12.1 Å². The van der Waals surface area contributed by atoms with Gasteiger partial charge in [-0.3, -0.25) is 9.69 Å². The van der Waals surface area contributed by atoms with Gasteiger partial charge in [0.25, 0.3) is 0 Å². The highest BCUT2D eigenvalue weighted by Crippen LogP contribution is 2.24. The van der Waals surface area contributed by atoms with Crippen LogP contribution >= 0.6 is 0 Å². The van der Waals surface area contributed by atoms with Gasteiger partial charge in [0, 0.05) is 44.3 Å². The third-order valence-corrected chi connectivity index (χ3v) is 6.60. The Morgan fingerprint density at radius 1 is 1.03 bits per heavy atom. The Balaban J connectivity index is 1.30. The third-order valence-electron chi connectivity index (χ3n) is 6.60. The van der Waals surface area contributed by atoms with Crippen molar-refractivity contribution in [3.05, 3.63) is 71.5 Å². The Morgan fingerprint density at radius 3 is 2.40 bits per heavy atom. The summed E-state index contributed by atoms with van der Waals surface area (Å²) in [5, 5.41) is 7.69. The average Bonchev–Trinajstić information content (AvgIpc) is 3.16. The van der Waals surface area contributed by atoms with Crippen LogP contribution in [0.2, 0.25) is 0 Å². The quantitative estimate of drug-likeness (QED) is 0.524. The molecule has 0 spiro atoms. The van der Waals surface area contributed by atoms with Gasteiger partial charge in [0.2, 0.25) is 5.91 Å². The number of methoxy groups -OCH3 is 1. The van der Waals surface area contributed by atoms with Gasteiger partial charge in [-0.15, -0.1) is 0 Å². The minimum Gasteiger partial charge on any atom is -0.465 e. The highest BCUT2D eigenvalue weighted by atomic mass is 16.5. The lowest BCUT2D eigenvalue weighted by Crippen LogP contribution is -2.52. The zero-order valence-corrected chi connectivity index (χ0v) is 20.8. The molecule has 1 amide bonds. The molecular weight excluding hydrogens is 442 g/mol. The molecule has 0 radical (unpaired) electrons. The zero-order chi connectivity index (χ0) is 24.9. The van der Waals surface area contributed by atoms with Gasteiger partial charge in [0.1, 0.15) is 0 Å². The normalized spacial score (nSPS) is 16.2. The van der Waals surface area contributed by atoms with Crippen molar-refractivity contribution >= 4 is 23.3 Å². The number of ether oxygens (including phenoxy) is 1. The molecular formula is C27H33N5O3.